The van der Waals surface area contributed by atoms with Crippen molar-refractivity contribution in [3.8, 4) is 11.5 Å². The molecular weight excluding hydrogens is 310 g/mol. The van der Waals surface area contributed by atoms with Gasteiger partial charge in [-0.1, -0.05) is 6.92 Å². The summed E-state index contributed by atoms with van der Waals surface area (Å²) in [6, 6.07) is 6.51. The number of hydrogen-bond donors (Lipinski definition) is 1. The molecule has 128 valence electrons. The van der Waals surface area contributed by atoms with Crippen LogP contribution in [0.3, 0.4) is 0 Å². The second kappa shape index (κ2) is 7.63. The van der Waals surface area contributed by atoms with Crippen LogP contribution in [0.25, 0.3) is 0 Å². The fourth-order valence-corrected chi connectivity index (χ4v) is 2.31. The number of anilines is 1. The minimum atomic E-state index is -0.321. The molecule has 0 fully saturated rings. The minimum Gasteiger partial charge on any atom is -0.493 e. The number of nitrogens with zero attached hydrogens (tertiary/aromatic N) is 2. The zero-order valence-electron chi connectivity index (χ0n) is 14.3. The Morgan fingerprint density at radius 3 is 2.50 bits per heavy atom. The third kappa shape index (κ3) is 3.92. The fraction of sp³-hybridized carbons (Fsp3) is 0.353. The Morgan fingerprint density at radius 2 is 1.92 bits per heavy atom. The van der Waals surface area contributed by atoms with Gasteiger partial charge in [0.2, 0.25) is 5.91 Å². The van der Waals surface area contributed by atoms with Crippen molar-refractivity contribution in [1.29, 1.82) is 0 Å². The third-order valence-electron chi connectivity index (χ3n) is 3.58. The van der Waals surface area contributed by atoms with Gasteiger partial charge in [0.05, 0.1) is 14.2 Å². The van der Waals surface area contributed by atoms with Gasteiger partial charge in [0.25, 0.3) is 5.56 Å². The fourth-order valence-electron chi connectivity index (χ4n) is 2.31. The van der Waals surface area contributed by atoms with E-state index in [1.54, 1.807) is 25.1 Å². The average molecular weight is 331 g/mol. The standard InChI is InChI=1S/C17H21N3O4/c1-5-12-9-17(22)20(11(2)18-12)10-16(21)19-13-6-7-14(23-3)15(8-13)24-4/h6-9H,5,10H2,1-4H3,(H,19,21). The van der Waals surface area contributed by atoms with Crippen LogP contribution in [0.4, 0.5) is 5.69 Å². The summed E-state index contributed by atoms with van der Waals surface area (Å²) in [5, 5.41) is 2.74. The molecule has 1 aromatic carbocycles. The van der Waals surface area contributed by atoms with Crippen molar-refractivity contribution in [3.05, 3.63) is 46.1 Å². The average Bonchev–Trinajstić information content (AvgIpc) is 2.57. The number of methoxy groups -OCH3 is 2. The topological polar surface area (TPSA) is 82.5 Å². The largest absolute Gasteiger partial charge is 0.493 e. The molecule has 7 heteroatoms. The van der Waals surface area contributed by atoms with E-state index in [-0.39, 0.29) is 18.0 Å². The molecule has 0 atom stereocenters. The molecule has 1 aromatic heterocycles. The first-order valence-corrected chi connectivity index (χ1v) is 7.57. The van der Waals surface area contributed by atoms with Gasteiger partial charge in [0.15, 0.2) is 11.5 Å². The second-order valence-corrected chi connectivity index (χ2v) is 5.19. The molecule has 0 aliphatic carbocycles. The summed E-state index contributed by atoms with van der Waals surface area (Å²) >= 11 is 0. The zero-order valence-corrected chi connectivity index (χ0v) is 14.3. The Labute approximate surface area is 140 Å². The van der Waals surface area contributed by atoms with Gasteiger partial charge in [-0.05, 0) is 25.5 Å². The molecule has 1 N–H and O–H groups in total. The van der Waals surface area contributed by atoms with Crippen LogP contribution in [0, 0.1) is 6.92 Å². The smallest absolute Gasteiger partial charge is 0.254 e. The Bertz CT molecular complexity index is 799. The normalized spacial score (nSPS) is 10.3. The van der Waals surface area contributed by atoms with Crippen molar-refractivity contribution >= 4 is 11.6 Å². The van der Waals surface area contributed by atoms with E-state index < -0.39 is 0 Å². The van der Waals surface area contributed by atoms with E-state index in [2.05, 4.69) is 10.3 Å². The molecule has 1 amide bonds. The lowest BCUT2D eigenvalue weighted by molar-refractivity contribution is -0.116. The molecule has 1 heterocycles. The summed E-state index contributed by atoms with van der Waals surface area (Å²) in [6.07, 6.45) is 0.675. The summed E-state index contributed by atoms with van der Waals surface area (Å²) in [5.74, 6) is 1.28. The maximum Gasteiger partial charge on any atom is 0.254 e. The van der Waals surface area contributed by atoms with Crippen molar-refractivity contribution in [1.82, 2.24) is 9.55 Å². The Kier molecular flexibility index (Phi) is 5.57. The van der Waals surface area contributed by atoms with Gasteiger partial charge in [0.1, 0.15) is 12.4 Å². The molecule has 2 aromatic rings. The number of hydrogen-bond acceptors (Lipinski definition) is 5. The molecular formula is C17H21N3O4. The highest BCUT2D eigenvalue weighted by Crippen LogP contribution is 2.29. The lowest BCUT2D eigenvalue weighted by atomic mass is 10.2. The van der Waals surface area contributed by atoms with Gasteiger partial charge in [-0.3, -0.25) is 14.2 Å². The van der Waals surface area contributed by atoms with Crippen molar-refractivity contribution in [2.24, 2.45) is 0 Å². The maximum absolute atomic E-state index is 12.2. The number of benzene rings is 1. The Morgan fingerprint density at radius 1 is 1.21 bits per heavy atom. The van der Waals surface area contributed by atoms with Gasteiger partial charge in [-0.15, -0.1) is 0 Å². The third-order valence-corrected chi connectivity index (χ3v) is 3.58. The van der Waals surface area contributed by atoms with Gasteiger partial charge in [-0.25, -0.2) is 4.98 Å². The lowest BCUT2D eigenvalue weighted by Gasteiger charge is -2.12. The molecule has 0 aliphatic heterocycles. The van der Waals surface area contributed by atoms with Crippen LogP contribution in [-0.2, 0) is 17.8 Å². The minimum absolute atomic E-state index is 0.101. The molecule has 0 radical (unpaired) electrons. The van der Waals surface area contributed by atoms with Gasteiger partial charge >= 0.3 is 0 Å². The lowest BCUT2D eigenvalue weighted by Crippen LogP contribution is -2.30. The van der Waals surface area contributed by atoms with Crippen molar-refractivity contribution in [2.45, 2.75) is 26.8 Å². The zero-order chi connectivity index (χ0) is 17.7. The highest BCUT2D eigenvalue weighted by Gasteiger charge is 2.11. The second-order valence-electron chi connectivity index (χ2n) is 5.19. The van der Waals surface area contributed by atoms with Crippen LogP contribution in [0.15, 0.2) is 29.1 Å². The van der Waals surface area contributed by atoms with Gasteiger partial charge < -0.3 is 14.8 Å². The molecule has 0 aliphatic rings. The van der Waals surface area contributed by atoms with Crippen LogP contribution >= 0.6 is 0 Å². The van der Waals surface area contributed by atoms with Crippen molar-refractivity contribution < 1.29 is 14.3 Å². The molecule has 2 rings (SSSR count). The number of nitrogens with one attached hydrogen (secondary N) is 1. The van der Waals surface area contributed by atoms with Crippen LogP contribution in [-0.4, -0.2) is 29.7 Å². The molecule has 0 saturated heterocycles. The SMILES string of the molecule is CCc1cc(=O)n(CC(=O)Nc2ccc(OC)c(OC)c2)c(C)n1. The van der Waals surface area contributed by atoms with Crippen LogP contribution < -0.4 is 20.3 Å². The first kappa shape index (κ1) is 17.5. The summed E-state index contributed by atoms with van der Waals surface area (Å²) in [6.45, 7) is 3.54. The number of amides is 1. The number of aromatic nitrogens is 2. The van der Waals surface area contributed by atoms with E-state index in [9.17, 15) is 9.59 Å². The Hall–Kier alpha value is -2.83. The quantitative estimate of drug-likeness (QED) is 0.872. The number of carbonyl (C=O) groups is 1. The van der Waals surface area contributed by atoms with E-state index in [0.29, 0.717) is 35.1 Å². The predicted octanol–water partition coefficient (Wildman–Crippen LogP) is 1.77. The molecule has 24 heavy (non-hydrogen) atoms. The van der Waals surface area contributed by atoms with E-state index in [0.717, 1.165) is 0 Å². The molecule has 0 spiro atoms. The number of aryl methyl sites for hydroxylation is 2. The maximum atomic E-state index is 12.2. The van der Waals surface area contributed by atoms with Crippen molar-refractivity contribution in [2.75, 3.05) is 19.5 Å². The number of carbonyl (C=O) groups excluding carboxylic acids is 1. The summed E-state index contributed by atoms with van der Waals surface area (Å²) < 4.78 is 11.7. The highest BCUT2D eigenvalue weighted by molar-refractivity contribution is 5.91. The van der Waals surface area contributed by atoms with Gasteiger partial charge in [-0.2, -0.15) is 0 Å². The van der Waals surface area contributed by atoms with E-state index in [1.807, 2.05) is 6.92 Å². The van der Waals surface area contributed by atoms with E-state index in [1.165, 1.54) is 24.9 Å². The monoisotopic (exact) mass is 331 g/mol. The summed E-state index contributed by atoms with van der Waals surface area (Å²) in [4.78, 5) is 28.6. The molecule has 0 saturated carbocycles. The molecule has 0 unspecified atom stereocenters. The highest BCUT2D eigenvalue weighted by atomic mass is 16.5. The first-order valence-electron chi connectivity index (χ1n) is 7.57. The first-order chi connectivity index (χ1) is 11.5. The number of rotatable bonds is 6. The number of ether oxygens (including phenoxy) is 2. The summed E-state index contributed by atoms with van der Waals surface area (Å²) in [7, 11) is 3.06. The van der Waals surface area contributed by atoms with Crippen LogP contribution in [0.2, 0.25) is 0 Å². The molecule has 0 bridgehead atoms. The summed E-state index contributed by atoms with van der Waals surface area (Å²) in [5.41, 5.74) is 1.04. The molecule has 7 nitrogen and oxygen atoms in total. The van der Waals surface area contributed by atoms with Gasteiger partial charge in [0, 0.05) is 23.5 Å². The van der Waals surface area contributed by atoms with E-state index >= 15 is 0 Å². The van der Waals surface area contributed by atoms with Crippen LogP contribution in [0.1, 0.15) is 18.4 Å². The van der Waals surface area contributed by atoms with E-state index in [4.69, 9.17) is 9.47 Å². The predicted molar refractivity (Wildman–Crippen MR) is 90.8 cm³/mol. The van der Waals surface area contributed by atoms with Crippen molar-refractivity contribution in [3.63, 3.8) is 0 Å². The van der Waals surface area contributed by atoms with Crippen LogP contribution in [0.5, 0.6) is 11.5 Å². The Balaban J connectivity index is 2.16.